The van der Waals surface area contributed by atoms with Crippen molar-refractivity contribution in [3.05, 3.63) is 29.6 Å². The molecular weight excluding hydrogens is 219 g/mol. The second-order valence-corrected chi connectivity index (χ2v) is 6.02. The summed E-state index contributed by atoms with van der Waals surface area (Å²) >= 11 is 0. The van der Waals surface area contributed by atoms with E-state index in [-0.39, 0.29) is 10.5 Å². The highest BCUT2D eigenvalue weighted by Crippen LogP contribution is 2.23. The molecule has 0 radical (unpaired) electrons. The Labute approximate surface area is 88.5 Å². The first-order valence-electron chi connectivity index (χ1n) is 4.34. The minimum atomic E-state index is -3.46. The Bertz CT molecular complexity index is 472. The average Bonchev–Trinajstić information content (AvgIpc) is 1.99. The van der Waals surface area contributed by atoms with E-state index >= 15 is 0 Å². The summed E-state index contributed by atoms with van der Waals surface area (Å²) in [5, 5.41) is 9.64. The van der Waals surface area contributed by atoms with Crippen LogP contribution in [0.5, 0.6) is 0 Å². The molecule has 1 aromatic rings. The molecule has 5 heteroatoms. The molecule has 0 amide bonds. The summed E-state index contributed by atoms with van der Waals surface area (Å²) in [5.74, 6) is -0.671. The van der Waals surface area contributed by atoms with Gasteiger partial charge in [-0.25, -0.2) is 12.8 Å². The topological polar surface area (TPSA) is 54.4 Å². The summed E-state index contributed by atoms with van der Waals surface area (Å²) in [6.45, 7) is 2.93. The number of halogens is 1. The van der Waals surface area contributed by atoms with E-state index in [0.717, 1.165) is 18.4 Å². The van der Waals surface area contributed by atoms with Crippen LogP contribution in [0.15, 0.2) is 23.1 Å². The predicted molar refractivity (Wildman–Crippen MR) is 54.8 cm³/mol. The van der Waals surface area contributed by atoms with E-state index in [9.17, 15) is 17.9 Å². The van der Waals surface area contributed by atoms with Crippen LogP contribution >= 0.6 is 0 Å². The molecule has 0 saturated heterocycles. The van der Waals surface area contributed by atoms with Gasteiger partial charge in [-0.1, -0.05) is 0 Å². The molecule has 1 aromatic carbocycles. The summed E-state index contributed by atoms with van der Waals surface area (Å²) in [6, 6.07) is 3.33. The molecule has 0 spiro atoms. The van der Waals surface area contributed by atoms with Crippen LogP contribution in [0.1, 0.15) is 19.4 Å². The van der Waals surface area contributed by atoms with Gasteiger partial charge in [0, 0.05) is 6.26 Å². The molecular formula is C10H13FO3S. The van der Waals surface area contributed by atoms with Gasteiger partial charge >= 0.3 is 0 Å². The Morgan fingerprint density at radius 3 is 2.20 bits per heavy atom. The Kier molecular flexibility index (Phi) is 2.89. The molecule has 0 atom stereocenters. The van der Waals surface area contributed by atoms with Crippen LogP contribution in [0.3, 0.4) is 0 Å². The van der Waals surface area contributed by atoms with E-state index < -0.39 is 21.3 Å². The minimum Gasteiger partial charge on any atom is -0.386 e. The van der Waals surface area contributed by atoms with Crippen molar-refractivity contribution in [2.75, 3.05) is 6.26 Å². The highest BCUT2D eigenvalue weighted by atomic mass is 32.2. The van der Waals surface area contributed by atoms with E-state index in [2.05, 4.69) is 0 Å². The molecule has 0 saturated carbocycles. The van der Waals surface area contributed by atoms with E-state index in [1.54, 1.807) is 0 Å². The lowest BCUT2D eigenvalue weighted by molar-refractivity contribution is 0.0780. The average molecular weight is 232 g/mol. The van der Waals surface area contributed by atoms with Crippen molar-refractivity contribution in [1.82, 2.24) is 0 Å². The largest absolute Gasteiger partial charge is 0.386 e. The molecule has 0 aliphatic rings. The zero-order valence-corrected chi connectivity index (χ0v) is 9.60. The summed E-state index contributed by atoms with van der Waals surface area (Å²) in [5.41, 5.74) is -1.02. The molecule has 3 nitrogen and oxygen atoms in total. The van der Waals surface area contributed by atoms with Crippen LogP contribution in [0.2, 0.25) is 0 Å². The van der Waals surface area contributed by atoms with Crippen molar-refractivity contribution < 1.29 is 17.9 Å². The van der Waals surface area contributed by atoms with Gasteiger partial charge in [0.2, 0.25) is 0 Å². The molecule has 0 heterocycles. The monoisotopic (exact) mass is 232 g/mol. The minimum absolute atomic E-state index is 0.125. The van der Waals surface area contributed by atoms with Gasteiger partial charge < -0.3 is 5.11 Å². The zero-order chi connectivity index (χ0) is 11.9. The first-order chi connectivity index (χ1) is 6.60. The lowest BCUT2D eigenvalue weighted by Crippen LogP contribution is -2.16. The van der Waals surface area contributed by atoms with Crippen LogP contribution in [-0.2, 0) is 15.4 Å². The third-order valence-corrected chi connectivity index (χ3v) is 3.10. The molecule has 1 rings (SSSR count). The van der Waals surface area contributed by atoms with Crippen LogP contribution in [-0.4, -0.2) is 19.8 Å². The third-order valence-electron chi connectivity index (χ3n) is 2.01. The van der Waals surface area contributed by atoms with E-state index in [0.29, 0.717) is 0 Å². The Hall–Kier alpha value is -0.940. The quantitative estimate of drug-likeness (QED) is 0.839. The highest BCUT2D eigenvalue weighted by molar-refractivity contribution is 7.90. The maximum absolute atomic E-state index is 13.1. The fourth-order valence-corrected chi connectivity index (χ4v) is 1.80. The number of benzene rings is 1. The van der Waals surface area contributed by atoms with Gasteiger partial charge in [-0.3, -0.25) is 0 Å². The zero-order valence-electron chi connectivity index (χ0n) is 8.78. The SMILES string of the molecule is CC(C)(O)c1cc(F)cc(S(C)(=O)=O)c1. The Morgan fingerprint density at radius 2 is 1.80 bits per heavy atom. The second-order valence-electron chi connectivity index (χ2n) is 4.01. The molecule has 0 aromatic heterocycles. The predicted octanol–water partition coefficient (Wildman–Crippen LogP) is 1.46. The fourth-order valence-electron chi connectivity index (χ4n) is 1.13. The van der Waals surface area contributed by atoms with Gasteiger partial charge in [0.25, 0.3) is 0 Å². The van der Waals surface area contributed by atoms with Gasteiger partial charge in [0.05, 0.1) is 10.5 Å². The molecule has 1 N–H and O–H groups in total. The molecule has 0 unspecified atom stereocenters. The first kappa shape index (κ1) is 12.1. The highest BCUT2D eigenvalue weighted by Gasteiger charge is 2.20. The number of sulfone groups is 1. The van der Waals surface area contributed by atoms with Crippen LogP contribution in [0.25, 0.3) is 0 Å². The fraction of sp³-hybridized carbons (Fsp3) is 0.400. The molecule has 0 bridgehead atoms. The molecule has 0 fully saturated rings. The van der Waals surface area contributed by atoms with Crippen LogP contribution < -0.4 is 0 Å². The normalized spacial score (nSPS) is 12.9. The molecule has 15 heavy (non-hydrogen) atoms. The van der Waals surface area contributed by atoms with Gasteiger partial charge in [0.1, 0.15) is 5.82 Å². The summed E-state index contributed by atoms with van der Waals surface area (Å²) in [7, 11) is -3.46. The van der Waals surface area contributed by atoms with Gasteiger partial charge in [-0.2, -0.15) is 0 Å². The Balaban J connectivity index is 3.43. The van der Waals surface area contributed by atoms with E-state index in [1.807, 2.05) is 0 Å². The molecule has 84 valence electrons. The summed E-state index contributed by atoms with van der Waals surface area (Å²) < 4.78 is 35.5. The maximum atomic E-state index is 13.1. The third kappa shape index (κ3) is 3.00. The van der Waals surface area contributed by atoms with Gasteiger partial charge in [0.15, 0.2) is 9.84 Å². The maximum Gasteiger partial charge on any atom is 0.175 e. The molecule has 0 aliphatic carbocycles. The van der Waals surface area contributed by atoms with E-state index in [4.69, 9.17) is 0 Å². The Morgan fingerprint density at radius 1 is 1.27 bits per heavy atom. The lowest BCUT2D eigenvalue weighted by atomic mass is 9.99. The van der Waals surface area contributed by atoms with Crippen LogP contribution in [0.4, 0.5) is 4.39 Å². The standard InChI is InChI=1S/C10H13FO3S/c1-10(2,12)7-4-8(11)6-9(5-7)15(3,13)14/h4-6,12H,1-3H3. The van der Waals surface area contributed by atoms with Gasteiger partial charge in [-0.05, 0) is 37.6 Å². The molecule has 0 aliphatic heterocycles. The van der Waals surface area contributed by atoms with E-state index in [1.165, 1.54) is 19.9 Å². The number of aliphatic hydroxyl groups is 1. The number of hydrogen-bond donors (Lipinski definition) is 1. The summed E-state index contributed by atoms with van der Waals surface area (Å²) in [6.07, 6.45) is 0.996. The van der Waals surface area contributed by atoms with Crippen molar-refractivity contribution >= 4 is 9.84 Å². The van der Waals surface area contributed by atoms with Crippen molar-refractivity contribution in [1.29, 1.82) is 0 Å². The second kappa shape index (κ2) is 3.57. The smallest absolute Gasteiger partial charge is 0.175 e. The summed E-state index contributed by atoms with van der Waals surface area (Å²) in [4.78, 5) is -0.125. The number of rotatable bonds is 2. The van der Waals surface area contributed by atoms with Crippen molar-refractivity contribution in [3.63, 3.8) is 0 Å². The van der Waals surface area contributed by atoms with Crippen LogP contribution in [0, 0.1) is 5.82 Å². The van der Waals surface area contributed by atoms with Crippen molar-refractivity contribution in [2.24, 2.45) is 0 Å². The lowest BCUT2D eigenvalue weighted by Gasteiger charge is -2.18. The van der Waals surface area contributed by atoms with Gasteiger partial charge in [-0.15, -0.1) is 0 Å². The number of hydrogen-bond acceptors (Lipinski definition) is 3. The van der Waals surface area contributed by atoms with Crippen molar-refractivity contribution in [3.8, 4) is 0 Å². The van der Waals surface area contributed by atoms with Crippen molar-refractivity contribution in [2.45, 2.75) is 24.3 Å². The first-order valence-corrected chi connectivity index (χ1v) is 6.23.